The molecule has 0 saturated carbocycles. The minimum atomic E-state index is -0.520. The van der Waals surface area contributed by atoms with E-state index in [1.54, 1.807) is 0 Å². The summed E-state index contributed by atoms with van der Waals surface area (Å²) in [4.78, 5) is 0. The Morgan fingerprint density at radius 1 is 0.365 bits per heavy atom. The summed E-state index contributed by atoms with van der Waals surface area (Å²) in [5.41, 5.74) is 10.8. The van der Waals surface area contributed by atoms with Crippen molar-refractivity contribution in [1.82, 2.24) is 0 Å². The maximum atomic E-state index is 6.77. The largest absolute Gasteiger partial charge is 0.457 e. The molecule has 0 N–H and O–H groups in total. The van der Waals surface area contributed by atoms with Gasteiger partial charge in [0, 0.05) is 42.1 Å². The molecule has 3 heterocycles. The molecule has 0 amide bonds. The fraction of sp³-hybridized carbons (Fsp3) is 0.0204. The number of para-hydroxylation sites is 2. The van der Waals surface area contributed by atoms with Crippen LogP contribution in [0.4, 0.5) is 0 Å². The van der Waals surface area contributed by atoms with Crippen LogP contribution in [0.2, 0.25) is 0 Å². The summed E-state index contributed by atoms with van der Waals surface area (Å²) in [5.74, 6) is 1.77. The maximum absolute atomic E-state index is 6.77. The zero-order chi connectivity index (χ0) is 34.2. The van der Waals surface area contributed by atoms with Crippen molar-refractivity contribution in [3.8, 4) is 33.8 Å². The first-order valence-corrected chi connectivity index (χ1v) is 18.5. The molecule has 0 atom stereocenters. The van der Waals surface area contributed by atoms with Gasteiger partial charge in [-0.15, -0.1) is 11.3 Å². The van der Waals surface area contributed by atoms with Gasteiger partial charge < -0.3 is 9.15 Å². The minimum Gasteiger partial charge on any atom is -0.457 e. The van der Waals surface area contributed by atoms with Crippen molar-refractivity contribution in [1.29, 1.82) is 0 Å². The molecule has 3 heteroatoms. The molecule has 0 bridgehead atoms. The number of hydrogen-bond acceptors (Lipinski definition) is 3. The van der Waals surface area contributed by atoms with E-state index in [4.69, 9.17) is 9.15 Å². The van der Waals surface area contributed by atoms with Crippen molar-refractivity contribution in [2.24, 2.45) is 0 Å². The lowest BCUT2D eigenvalue weighted by molar-refractivity contribution is 0.435. The Bertz CT molecular complexity index is 2950. The molecule has 52 heavy (non-hydrogen) atoms. The quantitative estimate of drug-likeness (QED) is 0.184. The van der Waals surface area contributed by atoms with Crippen LogP contribution in [0.5, 0.6) is 11.5 Å². The Morgan fingerprint density at radius 3 is 1.63 bits per heavy atom. The second kappa shape index (κ2) is 11.3. The molecule has 0 saturated heterocycles. The van der Waals surface area contributed by atoms with Crippen LogP contribution in [-0.4, -0.2) is 0 Å². The molecular weight excluding hydrogens is 653 g/mol. The van der Waals surface area contributed by atoms with Gasteiger partial charge in [-0.3, -0.25) is 0 Å². The number of thiophene rings is 1. The van der Waals surface area contributed by atoms with Crippen LogP contribution in [-0.2, 0) is 5.41 Å². The van der Waals surface area contributed by atoms with Gasteiger partial charge in [0.05, 0.1) is 5.41 Å². The van der Waals surface area contributed by atoms with E-state index in [1.165, 1.54) is 48.0 Å². The van der Waals surface area contributed by atoms with Gasteiger partial charge in [0.2, 0.25) is 0 Å². The first-order valence-electron chi connectivity index (χ1n) is 17.7. The number of benzene rings is 8. The van der Waals surface area contributed by atoms with Crippen molar-refractivity contribution in [2.45, 2.75) is 5.41 Å². The molecule has 0 aliphatic carbocycles. The summed E-state index contributed by atoms with van der Waals surface area (Å²) in [6.45, 7) is 0. The lowest BCUT2D eigenvalue weighted by atomic mass is 9.63. The van der Waals surface area contributed by atoms with E-state index in [2.05, 4.69) is 170 Å². The first-order chi connectivity index (χ1) is 25.7. The summed E-state index contributed by atoms with van der Waals surface area (Å²) < 4.78 is 15.4. The van der Waals surface area contributed by atoms with Gasteiger partial charge in [-0.1, -0.05) is 140 Å². The smallest absolute Gasteiger partial charge is 0.135 e. The Labute approximate surface area is 304 Å². The highest BCUT2D eigenvalue weighted by atomic mass is 32.1. The van der Waals surface area contributed by atoms with Crippen molar-refractivity contribution in [3.05, 3.63) is 204 Å². The molecule has 1 aliphatic heterocycles. The lowest BCUT2D eigenvalue weighted by Crippen LogP contribution is -2.34. The topological polar surface area (TPSA) is 22.4 Å². The van der Waals surface area contributed by atoms with Gasteiger partial charge in [-0.25, -0.2) is 0 Å². The SMILES string of the molecule is c1ccc(C2(c3ccccc3)c3ccccc3Oc3cc(-c4ccc5c(c4)sc4cc(-c6ccc7oc8ccccc8c7c6)ccc45)ccc32)cc1. The van der Waals surface area contributed by atoms with Crippen LogP contribution < -0.4 is 4.74 Å². The van der Waals surface area contributed by atoms with E-state index >= 15 is 0 Å². The third kappa shape index (κ3) is 4.30. The van der Waals surface area contributed by atoms with Gasteiger partial charge in [-0.05, 0) is 75.8 Å². The molecule has 0 spiro atoms. The van der Waals surface area contributed by atoms with Crippen LogP contribution in [0.3, 0.4) is 0 Å². The molecule has 11 rings (SSSR count). The van der Waals surface area contributed by atoms with Crippen LogP contribution in [0.1, 0.15) is 22.3 Å². The fourth-order valence-corrected chi connectivity index (χ4v) is 9.62. The van der Waals surface area contributed by atoms with Crippen molar-refractivity contribution in [3.63, 3.8) is 0 Å². The summed E-state index contributed by atoms with van der Waals surface area (Å²) in [6.07, 6.45) is 0. The molecule has 2 nitrogen and oxygen atoms in total. The minimum absolute atomic E-state index is 0.520. The molecular formula is C49H30O2S. The van der Waals surface area contributed by atoms with E-state index in [1.807, 2.05) is 23.5 Å². The fourth-order valence-electron chi connectivity index (χ4n) is 8.43. The molecule has 244 valence electrons. The summed E-state index contributed by atoms with van der Waals surface area (Å²) in [5, 5.41) is 4.86. The summed E-state index contributed by atoms with van der Waals surface area (Å²) >= 11 is 1.85. The summed E-state index contributed by atoms with van der Waals surface area (Å²) in [6, 6.07) is 65.4. The van der Waals surface area contributed by atoms with Gasteiger partial charge in [0.1, 0.15) is 22.7 Å². The average Bonchev–Trinajstić information content (AvgIpc) is 3.77. The van der Waals surface area contributed by atoms with E-state index in [-0.39, 0.29) is 0 Å². The Kier molecular flexibility index (Phi) is 6.37. The zero-order valence-electron chi connectivity index (χ0n) is 28.0. The van der Waals surface area contributed by atoms with Gasteiger partial charge >= 0.3 is 0 Å². The molecule has 0 radical (unpaired) electrons. The van der Waals surface area contributed by atoms with Crippen LogP contribution in [0, 0.1) is 0 Å². The third-order valence-electron chi connectivity index (χ3n) is 10.8. The highest BCUT2D eigenvalue weighted by Gasteiger charge is 2.45. The predicted molar refractivity (Wildman–Crippen MR) is 216 cm³/mol. The number of rotatable bonds is 4. The highest BCUT2D eigenvalue weighted by Crippen LogP contribution is 2.56. The third-order valence-corrected chi connectivity index (χ3v) is 11.9. The zero-order valence-corrected chi connectivity index (χ0v) is 28.9. The van der Waals surface area contributed by atoms with Crippen LogP contribution in [0.25, 0.3) is 64.4 Å². The maximum Gasteiger partial charge on any atom is 0.135 e. The second-order valence-corrected chi connectivity index (χ2v) is 14.7. The normalized spacial score (nSPS) is 13.3. The Hall–Kier alpha value is -6.42. The van der Waals surface area contributed by atoms with Crippen molar-refractivity contribution in [2.75, 3.05) is 0 Å². The van der Waals surface area contributed by atoms with Gasteiger partial charge in [0.15, 0.2) is 0 Å². The number of furan rings is 1. The number of fused-ring (bicyclic) bond motifs is 8. The van der Waals surface area contributed by atoms with E-state index in [0.717, 1.165) is 50.1 Å². The van der Waals surface area contributed by atoms with Gasteiger partial charge in [0.25, 0.3) is 0 Å². The molecule has 1 aliphatic rings. The summed E-state index contributed by atoms with van der Waals surface area (Å²) in [7, 11) is 0. The standard InChI is InChI=1S/C49H30O2S/c1-3-11-35(12-4-1)49(36-13-5-2-6-14-36)41-16-8-10-18-45(41)51-46-28-32(21-25-42(46)49)34-20-24-39-38-23-19-33(29-47(38)52-48(39)30-34)31-22-26-44-40(27-31)37-15-7-9-17-43(37)50-44/h1-30H. The molecule has 2 aromatic heterocycles. The second-order valence-electron chi connectivity index (χ2n) is 13.6. The Morgan fingerprint density at radius 2 is 0.904 bits per heavy atom. The van der Waals surface area contributed by atoms with Crippen LogP contribution in [0.15, 0.2) is 186 Å². The lowest BCUT2D eigenvalue weighted by Gasteiger charge is -2.41. The first kappa shape index (κ1) is 29.3. The molecule has 0 unspecified atom stereocenters. The molecule has 8 aromatic carbocycles. The van der Waals surface area contributed by atoms with Gasteiger partial charge in [-0.2, -0.15) is 0 Å². The van der Waals surface area contributed by atoms with Crippen molar-refractivity contribution < 1.29 is 9.15 Å². The number of ether oxygens (including phenoxy) is 1. The highest BCUT2D eigenvalue weighted by molar-refractivity contribution is 7.25. The number of hydrogen-bond donors (Lipinski definition) is 0. The Balaban J connectivity index is 1.02. The molecule has 10 aromatic rings. The van der Waals surface area contributed by atoms with E-state index in [9.17, 15) is 0 Å². The van der Waals surface area contributed by atoms with E-state index in [0.29, 0.717) is 0 Å². The van der Waals surface area contributed by atoms with E-state index < -0.39 is 5.41 Å². The average molecular weight is 683 g/mol. The molecule has 0 fully saturated rings. The van der Waals surface area contributed by atoms with Crippen LogP contribution >= 0.6 is 11.3 Å². The monoisotopic (exact) mass is 682 g/mol. The van der Waals surface area contributed by atoms with Crippen molar-refractivity contribution >= 4 is 53.4 Å². The predicted octanol–water partition coefficient (Wildman–Crippen LogP) is 13.8.